The highest BCUT2D eigenvalue weighted by molar-refractivity contribution is 7.47. The average molecular weight is 1440 g/mol. The Balaban J connectivity index is 5.46. The van der Waals surface area contributed by atoms with Crippen molar-refractivity contribution in [2.24, 2.45) is 0 Å². The predicted molar refractivity (Wildman–Crippen MR) is 408 cm³/mol. The van der Waals surface area contributed by atoms with Gasteiger partial charge in [-0.2, -0.15) is 0 Å². The van der Waals surface area contributed by atoms with Gasteiger partial charge in [-0.1, -0.05) is 238 Å². The maximum atomic E-state index is 13.1. The lowest BCUT2D eigenvalue weighted by Gasteiger charge is -2.21. The van der Waals surface area contributed by atoms with Gasteiger partial charge in [-0.3, -0.25) is 37.3 Å². The molecule has 570 valence electrons. The largest absolute Gasteiger partial charge is 0.472 e. The smallest absolute Gasteiger partial charge is 0.462 e. The first-order chi connectivity index (χ1) is 48.7. The summed E-state index contributed by atoms with van der Waals surface area (Å²) in [7, 11) is -9.99. The van der Waals surface area contributed by atoms with Crippen LogP contribution in [0.5, 0.6) is 0 Å². The van der Waals surface area contributed by atoms with Gasteiger partial charge >= 0.3 is 39.5 Å². The molecule has 0 aromatic carbocycles. The van der Waals surface area contributed by atoms with Gasteiger partial charge in [0.05, 0.1) is 26.4 Å². The monoisotopic (exact) mass is 1440 g/mol. The number of rotatable bonds is 70. The van der Waals surface area contributed by atoms with E-state index in [0.29, 0.717) is 32.1 Å². The molecule has 0 fully saturated rings. The van der Waals surface area contributed by atoms with Crippen LogP contribution >= 0.6 is 15.6 Å². The van der Waals surface area contributed by atoms with Gasteiger partial charge < -0.3 is 33.8 Å². The molecule has 5 atom stereocenters. The molecule has 0 saturated heterocycles. The molecule has 0 spiro atoms. The number of allylic oxidation sites excluding steroid dienone is 24. The van der Waals surface area contributed by atoms with Crippen LogP contribution in [0.15, 0.2) is 146 Å². The van der Waals surface area contributed by atoms with E-state index in [1.807, 2.05) is 0 Å². The molecule has 0 aliphatic carbocycles. The topological polar surface area (TPSA) is 237 Å². The molecule has 100 heavy (non-hydrogen) atoms. The molecule has 5 unspecified atom stereocenters. The third-order valence-electron chi connectivity index (χ3n) is 15.3. The van der Waals surface area contributed by atoms with Crippen molar-refractivity contribution in [3.05, 3.63) is 146 Å². The van der Waals surface area contributed by atoms with Crippen molar-refractivity contribution in [1.82, 2.24) is 0 Å². The summed E-state index contributed by atoms with van der Waals surface area (Å²) in [6.07, 6.45) is 81.3. The van der Waals surface area contributed by atoms with Gasteiger partial charge in [-0.15, -0.1) is 0 Å². The fourth-order valence-corrected chi connectivity index (χ4v) is 11.1. The molecule has 0 aromatic rings. The molecular formula is C81H134O17P2. The summed E-state index contributed by atoms with van der Waals surface area (Å²) in [5.74, 6) is -2.31. The molecule has 19 heteroatoms. The number of hydrogen-bond donors (Lipinski definition) is 3. The van der Waals surface area contributed by atoms with Crippen LogP contribution in [0.25, 0.3) is 0 Å². The maximum Gasteiger partial charge on any atom is 0.472 e. The van der Waals surface area contributed by atoms with Crippen molar-refractivity contribution in [1.29, 1.82) is 0 Å². The minimum atomic E-state index is -5.00. The zero-order valence-corrected chi connectivity index (χ0v) is 63.9. The second-order valence-corrected chi connectivity index (χ2v) is 27.7. The molecular weight excluding hydrogens is 1310 g/mol. The standard InChI is InChI=1S/C81H134O17P2/c1-5-9-13-17-21-25-29-33-37-41-45-49-53-57-61-65-78(83)91-71-76(97-80(85)67-63-59-55-51-47-43-39-35-31-27-23-19-15-11-7-3)73-95-99(87,88)93-69-75(82)70-94-100(89,90)96-74-77(98-81(86)68-64-60-56-52-48-44-40-36-32-28-24-20-16-12-8-4)72-92-79(84)66-62-58-54-50-46-42-38-34-30-26-22-18-14-10-6-2/h9,11,13,15,21-28,33-40,45,47,49,51,75-77,82H,5-8,10,12,14,16-20,29-32,41-44,46,48,50,52-74H2,1-4H3,(H,87,88)(H,89,90)/b13-9-,15-11-,25-21-,26-22-,27-23-,28-24-,37-33-,38-34-,39-35-,40-36-,49-45-,51-47-. The first kappa shape index (κ1) is 94.9. The minimum absolute atomic E-state index is 0.0284. The fourth-order valence-electron chi connectivity index (χ4n) is 9.50. The zero-order chi connectivity index (χ0) is 73.2. The van der Waals surface area contributed by atoms with E-state index in [1.54, 1.807) is 0 Å². The highest BCUT2D eigenvalue weighted by Crippen LogP contribution is 2.45. The summed E-state index contributed by atoms with van der Waals surface area (Å²) in [5, 5.41) is 10.6. The molecule has 0 amide bonds. The third-order valence-corrected chi connectivity index (χ3v) is 17.2. The number of ether oxygens (including phenoxy) is 4. The SMILES string of the molecule is CC/C=C\C/C=C\C/C=C\C/C=C\CCCCC(=O)OCC(COP(=O)(O)OCC(O)COP(=O)(O)OCC(COC(=O)CCCCCCC/C=C\C/C=C\CCCCC)OC(=O)CCCCCCC/C=C\C/C=C\CCCCC)OC(=O)CCCC/C=C\C/C=C\C/C=C\C/C=C\CC. The molecule has 0 aromatic heterocycles. The Labute approximate surface area is 605 Å². The number of esters is 4. The number of aliphatic hydroxyl groups is 1. The van der Waals surface area contributed by atoms with E-state index < -0.39 is 97.5 Å². The van der Waals surface area contributed by atoms with Gasteiger partial charge in [0.15, 0.2) is 12.2 Å². The minimum Gasteiger partial charge on any atom is -0.462 e. The lowest BCUT2D eigenvalue weighted by Crippen LogP contribution is -2.30. The Kier molecular flexibility index (Phi) is 68.6. The third kappa shape index (κ3) is 71.3. The number of phosphoric ester groups is 2. The number of phosphoric acid groups is 2. The van der Waals surface area contributed by atoms with E-state index in [2.05, 4.69) is 174 Å². The van der Waals surface area contributed by atoms with E-state index in [-0.39, 0.29) is 25.7 Å². The number of hydrogen-bond acceptors (Lipinski definition) is 15. The van der Waals surface area contributed by atoms with Crippen molar-refractivity contribution in [3.8, 4) is 0 Å². The maximum absolute atomic E-state index is 13.1. The van der Waals surface area contributed by atoms with Crippen molar-refractivity contribution in [2.45, 2.75) is 303 Å². The molecule has 0 aliphatic rings. The Morgan fingerprint density at radius 2 is 0.520 bits per heavy atom. The number of carbonyl (C=O) groups excluding carboxylic acids is 4. The van der Waals surface area contributed by atoms with Crippen LogP contribution in [0.2, 0.25) is 0 Å². The van der Waals surface area contributed by atoms with Crippen LogP contribution in [0, 0.1) is 0 Å². The van der Waals surface area contributed by atoms with Gasteiger partial charge in [-0.25, -0.2) is 9.13 Å². The molecule has 0 rings (SSSR count). The summed E-state index contributed by atoms with van der Waals surface area (Å²) < 4.78 is 68.4. The quantitative estimate of drug-likeness (QED) is 0.0169. The highest BCUT2D eigenvalue weighted by atomic mass is 31.2. The fraction of sp³-hybridized carbons (Fsp3) is 0.654. The van der Waals surface area contributed by atoms with Crippen LogP contribution in [0.4, 0.5) is 0 Å². The Morgan fingerprint density at radius 3 is 0.820 bits per heavy atom. The summed E-state index contributed by atoms with van der Waals surface area (Å²) >= 11 is 0. The molecule has 0 aliphatic heterocycles. The van der Waals surface area contributed by atoms with E-state index in [0.717, 1.165) is 161 Å². The van der Waals surface area contributed by atoms with Gasteiger partial charge in [0, 0.05) is 25.7 Å². The second kappa shape index (κ2) is 72.3. The van der Waals surface area contributed by atoms with Crippen molar-refractivity contribution >= 4 is 39.5 Å². The van der Waals surface area contributed by atoms with Crippen LogP contribution < -0.4 is 0 Å². The van der Waals surface area contributed by atoms with Crippen LogP contribution in [-0.4, -0.2) is 96.7 Å². The van der Waals surface area contributed by atoms with Crippen molar-refractivity contribution in [3.63, 3.8) is 0 Å². The van der Waals surface area contributed by atoms with Crippen molar-refractivity contribution in [2.75, 3.05) is 39.6 Å². The summed E-state index contributed by atoms with van der Waals surface area (Å²) in [6.45, 7) is 4.44. The van der Waals surface area contributed by atoms with Crippen LogP contribution in [0.1, 0.15) is 285 Å². The molecule has 17 nitrogen and oxygen atoms in total. The molecule has 0 heterocycles. The average Bonchev–Trinajstić information content (AvgIpc) is 1.01. The summed E-state index contributed by atoms with van der Waals surface area (Å²) in [5.41, 5.74) is 0. The van der Waals surface area contributed by atoms with E-state index >= 15 is 0 Å². The number of carbonyl (C=O) groups is 4. The van der Waals surface area contributed by atoms with Gasteiger partial charge in [-0.05, 0) is 167 Å². The van der Waals surface area contributed by atoms with E-state index in [9.17, 15) is 43.2 Å². The molecule has 0 radical (unpaired) electrons. The highest BCUT2D eigenvalue weighted by Gasteiger charge is 2.30. The lowest BCUT2D eigenvalue weighted by molar-refractivity contribution is -0.161. The Hall–Kier alpha value is -5.06. The van der Waals surface area contributed by atoms with E-state index in [1.165, 1.54) is 38.5 Å². The molecule has 0 bridgehead atoms. The van der Waals surface area contributed by atoms with Gasteiger partial charge in [0.1, 0.15) is 19.3 Å². The number of aliphatic hydroxyl groups excluding tert-OH is 1. The van der Waals surface area contributed by atoms with Crippen LogP contribution in [-0.2, 0) is 65.4 Å². The second-order valence-electron chi connectivity index (χ2n) is 24.8. The van der Waals surface area contributed by atoms with Gasteiger partial charge in [0.25, 0.3) is 0 Å². The predicted octanol–water partition coefficient (Wildman–Crippen LogP) is 21.9. The Morgan fingerprint density at radius 1 is 0.290 bits per heavy atom. The van der Waals surface area contributed by atoms with E-state index in [4.69, 9.17) is 37.0 Å². The molecule has 3 N–H and O–H groups in total. The lowest BCUT2D eigenvalue weighted by atomic mass is 10.1. The zero-order valence-electron chi connectivity index (χ0n) is 62.1. The molecule has 0 saturated carbocycles. The first-order valence-corrected chi connectivity index (χ1v) is 41.1. The normalized spacial score (nSPS) is 14.8. The number of unbranched alkanes of at least 4 members (excludes halogenated alkanes) is 20. The summed E-state index contributed by atoms with van der Waals surface area (Å²) in [6, 6.07) is 0. The Bertz CT molecular complexity index is 2470. The van der Waals surface area contributed by atoms with Crippen LogP contribution in [0.3, 0.4) is 0 Å². The summed E-state index contributed by atoms with van der Waals surface area (Å²) in [4.78, 5) is 72.9. The first-order valence-electron chi connectivity index (χ1n) is 38.1. The van der Waals surface area contributed by atoms with Gasteiger partial charge in [0.2, 0.25) is 0 Å². The van der Waals surface area contributed by atoms with Crippen molar-refractivity contribution < 1.29 is 80.2 Å².